The van der Waals surface area contributed by atoms with Gasteiger partial charge < -0.3 is 4.74 Å². The van der Waals surface area contributed by atoms with Gasteiger partial charge in [-0.25, -0.2) is 0 Å². The molecule has 1 saturated carbocycles. The highest BCUT2D eigenvalue weighted by Crippen LogP contribution is 2.40. The maximum atomic E-state index is 4.95. The minimum absolute atomic E-state index is 0. The fourth-order valence-corrected chi connectivity index (χ4v) is 2.95. The van der Waals surface area contributed by atoms with Crippen LogP contribution in [0.4, 0.5) is 0 Å². The Morgan fingerprint density at radius 2 is 1.70 bits per heavy atom. The van der Waals surface area contributed by atoms with Gasteiger partial charge >= 0.3 is 0 Å². The second kappa shape index (κ2) is 10.9. The quantitative estimate of drug-likeness (QED) is 0.653. The van der Waals surface area contributed by atoms with E-state index >= 15 is 0 Å². The van der Waals surface area contributed by atoms with Gasteiger partial charge in [0.05, 0.1) is 6.61 Å². The molecule has 1 aromatic rings. The first-order valence-corrected chi connectivity index (χ1v) is 7.73. The summed E-state index contributed by atoms with van der Waals surface area (Å²) in [5, 5.41) is 0. The predicted octanol–water partition coefficient (Wildman–Crippen LogP) is 5.88. The standard InChI is InChI=1S/C9H12O.C9H18.CH4/c1-10-8-7-9-5-3-2-4-6-9;1-3-6-9(2)7-4-5-8-9;/h2-6H,7-8H2,1H3;3-8H2,1-2H3;1H4. The molecule has 1 fully saturated rings. The normalized spacial score (nSPS) is 15.9. The van der Waals surface area contributed by atoms with Gasteiger partial charge in [-0.1, -0.05) is 70.9 Å². The fraction of sp³-hybridized carbons (Fsp3) is 0.684. The van der Waals surface area contributed by atoms with Crippen molar-refractivity contribution < 1.29 is 4.74 Å². The van der Waals surface area contributed by atoms with Crippen LogP contribution in [0, 0.1) is 5.41 Å². The monoisotopic (exact) mass is 278 g/mol. The molecular weight excluding hydrogens is 244 g/mol. The van der Waals surface area contributed by atoms with Crippen molar-refractivity contribution in [2.24, 2.45) is 5.41 Å². The molecule has 0 unspecified atom stereocenters. The minimum atomic E-state index is 0. The van der Waals surface area contributed by atoms with Crippen molar-refractivity contribution in [3.8, 4) is 0 Å². The Kier molecular flexibility index (Phi) is 10.5. The Morgan fingerprint density at radius 1 is 1.10 bits per heavy atom. The van der Waals surface area contributed by atoms with E-state index in [1.165, 1.54) is 44.1 Å². The van der Waals surface area contributed by atoms with E-state index in [1.54, 1.807) is 7.11 Å². The summed E-state index contributed by atoms with van der Waals surface area (Å²) < 4.78 is 4.95. The third-order valence-electron chi connectivity index (χ3n) is 4.10. The molecule has 0 saturated heterocycles. The minimum Gasteiger partial charge on any atom is -0.384 e. The van der Waals surface area contributed by atoms with E-state index in [1.807, 2.05) is 18.2 Å². The number of hydrogen-bond acceptors (Lipinski definition) is 1. The molecule has 0 amide bonds. The van der Waals surface area contributed by atoms with Gasteiger partial charge in [-0.2, -0.15) is 0 Å². The molecular formula is C19H34O. The summed E-state index contributed by atoms with van der Waals surface area (Å²) in [6, 6.07) is 10.3. The van der Waals surface area contributed by atoms with Crippen LogP contribution < -0.4 is 0 Å². The molecule has 0 atom stereocenters. The molecule has 116 valence electrons. The number of rotatable bonds is 5. The zero-order chi connectivity index (χ0) is 14.0. The van der Waals surface area contributed by atoms with E-state index in [0.29, 0.717) is 0 Å². The summed E-state index contributed by atoms with van der Waals surface area (Å²) in [6.07, 6.45) is 9.77. The van der Waals surface area contributed by atoms with Crippen molar-refractivity contribution in [2.45, 2.75) is 66.2 Å². The van der Waals surface area contributed by atoms with Crippen molar-refractivity contribution in [2.75, 3.05) is 13.7 Å². The number of benzene rings is 1. The molecule has 0 N–H and O–H groups in total. The van der Waals surface area contributed by atoms with Crippen LogP contribution in [0.3, 0.4) is 0 Å². The first kappa shape index (κ1) is 19.2. The van der Waals surface area contributed by atoms with Gasteiger partial charge in [-0.05, 0) is 36.7 Å². The molecule has 0 heterocycles. The van der Waals surface area contributed by atoms with Gasteiger partial charge in [-0.15, -0.1) is 0 Å². The molecule has 1 nitrogen and oxygen atoms in total. The van der Waals surface area contributed by atoms with Crippen LogP contribution in [-0.2, 0) is 11.2 Å². The van der Waals surface area contributed by atoms with Gasteiger partial charge in [-0.3, -0.25) is 0 Å². The van der Waals surface area contributed by atoms with E-state index in [2.05, 4.69) is 26.0 Å². The van der Waals surface area contributed by atoms with E-state index < -0.39 is 0 Å². The van der Waals surface area contributed by atoms with E-state index in [0.717, 1.165) is 18.4 Å². The van der Waals surface area contributed by atoms with Crippen LogP contribution in [0.25, 0.3) is 0 Å². The number of methoxy groups -OCH3 is 1. The van der Waals surface area contributed by atoms with E-state index in [4.69, 9.17) is 4.74 Å². The SMILES string of the molecule is C.CCCC1(C)CCCC1.COCCc1ccccc1. The fourth-order valence-electron chi connectivity index (χ4n) is 2.95. The topological polar surface area (TPSA) is 9.23 Å². The van der Waals surface area contributed by atoms with Crippen molar-refractivity contribution >= 4 is 0 Å². The zero-order valence-corrected chi connectivity index (χ0v) is 13.0. The smallest absolute Gasteiger partial charge is 0.0502 e. The van der Waals surface area contributed by atoms with Gasteiger partial charge in [0, 0.05) is 7.11 Å². The molecule has 1 heteroatoms. The van der Waals surface area contributed by atoms with Crippen molar-refractivity contribution in [1.29, 1.82) is 0 Å². The third kappa shape index (κ3) is 7.69. The lowest BCUT2D eigenvalue weighted by Gasteiger charge is -2.21. The molecule has 1 aromatic carbocycles. The highest BCUT2D eigenvalue weighted by Gasteiger charge is 2.26. The molecule has 1 aliphatic rings. The maximum absolute atomic E-state index is 4.95. The van der Waals surface area contributed by atoms with Crippen LogP contribution >= 0.6 is 0 Å². The average molecular weight is 278 g/mol. The highest BCUT2D eigenvalue weighted by molar-refractivity contribution is 5.14. The predicted molar refractivity (Wildman–Crippen MR) is 90.2 cm³/mol. The van der Waals surface area contributed by atoms with Crippen LogP contribution in [0.2, 0.25) is 0 Å². The van der Waals surface area contributed by atoms with E-state index in [-0.39, 0.29) is 7.43 Å². The van der Waals surface area contributed by atoms with Gasteiger partial charge in [0.15, 0.2) is 0 Å². The molecule has 0 aliphatic heterocycles. The van der Waals surface area contributed by atoms with E-state index in [9.17, 15) is 0 Å². The highest BCUT2D eigenvalue weighted by atomic mass is 16.5. The Bertz CT molecular complexity index is 312. The number of ether oxygens (including phenoxy) is 1. The summed E-state index contributed by atoms with van der Waals surface area (Å²) in [7, 11) is 1.73. The van der Waals surface area contributed by atoms with Crippen molar-refractivity contribution in [1.82, 2.24) is 0 Å². The first-order valence-electron chi connectivity index (χ1n) is 7.73. The lowest BCUT2D eigenvalue weighted by molar-refractivity contribution is 0.202. The molecule has 20 heavy (non-hydrogen) atoms. The Hall–Kier alpha value is -0.820. The molecule has 0 aromatic heterocycles. The van der Waals surface area contributed by atoms with Gasteiger partial charge in [0.2, 0.25) is 0 Å². The first-order chi connectivity index (χ1) is 9.20. The summed E-state index contributed by atoms with van der Waals surface area (Å²) >= 11 is 0. The van der Waals surface area contributed by atoms with Crippen LogP contribution in [0.5, 0.6) is 0 Å². The summed E-state index contributed by atoms with van der Waals surface area (Å²) in [5.41, 5.74) is 2.08. The second-order valence-electron chi connectivity index (χ2n) is 6.00. The maximum Gasteiger partial charge on any atom is 0.0502 e. The van der Waals surface area contributed by atoms with Crippen molar-refractivity contribution in [3.05, 3.63) is 35.9 Å². The average Bonchev–Trinajstić information content (AvgIpc) is 2.85. The molecule has 0 spiro atoms. The lowest BCUT2D eigenvalue weighted by Crippen LogP contribution is -2.09. The molecule has 0 radical (unpaired) electrons. The second-order valence-corrected chi connectivity index (χ2v) is 6.00. The Morgan fingerprint density at radius 3 is 2.20 bits per heavy atom. The summed E-state index contributed by atoms with van der Waals surface area (Å²) in [6.45, 7) is 5.55. The lowest BCUT2D eigenvalue weighted by atomic mass is 9.84. The summed E-state index contributed by atoms with van der Waals surface area (Å²) in [5.74, 6) is 0. The molecule has 2 rings (SSSR count). The molecule has 0 bridgehead atoms. The van der Waals surface area contributed by atoms with Crippen LogP contribution in [0.15, 0.2) is 30.3 Å². The van der Waals surface area contributed by atoms with Crippen LogP contribution in [0.1, 0.15) is 65.4 Å². The van der Waals surface area contributed by atoms with Crippen molar-refractivity contribution in [3.63, 3.8) is 0 Å². The molecule has 1 aliphatic carbocycles. The Labute approximate surface area is 126 Å². The third-order valence-corrected chi connectivity index (χ3v) is 4.10. The van der Waals surface area contributed by atoms with Crippen LogP contribution in [-0.4, -0.2) is 13.7 Å². The zero-order valence-electron chi connectivity index (χ0n) is 13.0. The Balaban J connectivity index is 0.000000345. The number of hydrogen-bond donors (Lipinski definition) is 0. The largest absolute Gasteiger partial charge is 0.384 e. The van der Waals surface area contributed by atoms with Gasteiger partial charge in [0.1, 0.15) is 0 Å². The van der Waals surface area contributed by atoms with Gasteiger partial charge in [0.25, 0.3) is 0 Å². The summed E-state index contributed by atoms with van der Waals surface area (Å²) in [4.78, 5) is 0.